The van der Waals surface area contributed by atoms with Crippen LogP contribution in [0.25, 0.3) is 16.4 Å². The fourth-order valence-corrected chi connectivity index (χ4v) is 4.86. The highest BCUT2D eigenvalue weighted by Crippen LogP contribution is 2.35. The highest BCUT2D eigenvalue weighted by molar-refractivity contribution is 8.00. The average Bonchev–Trinajstić information content (AvgIpc) is 3.36. The summed E-state index contributed by atoms with van der Waals surface area (Å²) < 4.78 is 3.08. The van der Waals surface area contributed by atoms with Crippen LogP contribution in [-0.2, 0) is 5.41 Å². The normalized spacial score (nSPS) is 11.8. The molecule has 0 atom stereocenters. The van der Waals surface area contributed by atoms with Crippen LogP contribution >= 0.6 is 34.4 Å². The largest absolute Gasteiger partial charge is 0.269 e. The van der Waals surface area contributed by atoms with E-state index in [2.05, 4.69) is 76.2 Å². The van der Waals surface area contributed by atoms with Gasteiger partial charge in [-0.1, -0.05) is 39.0 Å². The Bertz CT molecular complexity index is 979. The summed E-state index contributed by atoms with van der Waals surface area (Å²) in [7, 11) is 0. The second-order valence-electron chi connectivity index (χ2n) is 6.82. The van der Waals surface area contributed by atoms with Crippen LogP contribution in [0.1, 0.15) is 26.3 Å². The fraction of sp³-hybridized carbons (Fsp3) is 0.211. The Morgan fingerprint density at radius 1 is 0.962 bits per heavy atom. The molecule has 4 nitrogen and oxygen atoms in total. The summed E-state index contributed by atoms with van der Waals surface area (Å²) in [5, 5.41) is 13.8. The molecule has 132 valence electrons. The third-order valence-corrected chi connectivity index (χ3v) is 6.65. The molecule has 0 spiro atoms. The predicted molar refractivity (Wildman–Crippen MR) is 110 cm³/mol. The zero-order chi connectivity index (χ0) is 18.1. The maximum absolute atomic E-state index is 4.47. The molecule has 0 saturated carbocycles. The molecule has 0 aliphatic rings. The molecule has 0 radical (unpaired) electrons. The summed E-state index contributed by atoms with van der Waals surface area (Å²) in [6, 6.07) is 12.8. The van der Waals surface area contributed by atoms with Crippen LogP contribution in [-0.4, -0.2) is 19.7 Å². The lowest BCUT2D eigenvalue weighted by Gasteiger charge is -2.19. The maximum atomic E-state index is 4.47. The van der Waals surface area contributed by atoms with Gasteiger partial charge < -0.3 is 0 Å². The van der Waals surface area contributed by atoms with Crippen molar-refractivity contribution in [2.24, 2.45) is 0 Å². The zero-order valence-corrected chi connectivity index (χ0v) is 17.2. The van der Waals surface area contributed by atoms with Crippen LogP contribution in [0.4, 0.5) is 0 Å². The third kappa shape index (κ3) is 3.47. The van der Waals surface area contributed by atoms with Crippen molar-refractivity contribution in [3.05, 3.63) is 58.9 Å². The fourth-order valence-electron chi connectivity index (χ4n) is 2.58. The molecule has 3 aromatic heterocycles. The van der Waals surface area contributed by atoms with Crippen LogP contribution in [0.2, 0.25) is 0 Å². The number of thiazole rings is 1. The molecule has 26 heavy (non-hydrogen) atoms. The van der Waals surface area contributed by atoms with Gasteiger partial charge in [-0.05, 0) is 46.3 Å². The Balaban J connectivity index is 1.80. The Kier molecular flexibility index (Phi) is 4.69. The van der Waals surface area contributed by atoms with E-state index in [-0.39, 0.29) is 5.41 Å². The zero-order valence-electron chi connectivity index (χ0n) is 14.7. The minimum atomic E-state index is 0.126. The molecule has 0 N–H and O–H groups in total. The molecule has 0 aliphatic heterocycles. The molecule has 7 heteroatoms. The number of aromatic nitrogens is 4. The maximum Gasteiger partial charge on any atom is 0.203 e. The van der Waals surface area contributed by atoms with Crippen molar-refractivity contribution in [3.63, 3.8) is 0 Å². The van der Waals surface area contributed by atoms with E-state index in [1.165, 1.54) is 5.56 Å². The quantitative estimate of drug-likeness (QED) is 0.429. The first kappa shape index (κ1) is 17.5. The Labute approximate surface area is 165 Å². The van der Waals surface area contributed by atoms with E-state index in [0.29, 0.717) is 0 Å². The first-order valence-corrected chi connectivity index (χ1v) is 10.8. The summed E-state index contributed by atoms with van der Waals surface area (Å²) >= 11 is 4.82. The number of rotatable bonds is 4. The first-order valence-electron chi connectivity index (χ1n) is 8.20. The van der Waals surface area contributed by atoms with Crippen molar-refractivity contribution < 1.29 is 0 Å². The molecule has 0 aliphatic carbocycles. The van der Waals surface area contributed by atoms with Gasteiger partial charge in [0, 0.05) is 17.3 Å². The SMILES string of the molecule is CC(C)(C)c1ccc(-n2c(Sc3nccs3)nnc2-c2cccs2)cc1. The lowest BCUT2D eigenvalue weighted by Crippen LogP contribution is -2.11. The lowest BCUT2D eigenvalue weighted by atomic mass is 9.87. The van der Waals surface area contributed by atoms with Crippen LogP contribution in [0, 0.1) is 0 Å². The summed E-state index contributed by atoms with van der Waals surface area (Å²) in [5.41, 5.74) is 2.49. The number of benzene rings is 1. The third-order valence-electron chi connectivity index (χ3n) is 3.95. The molecule has 0 saturated heterocycles. The van der Waals surface area contributed by atoms with Crippen LogP contribution in [0.5, 0.6) is 0 Å². The Hall–Kier alpha value is -1.96. The van der Waals surface area contributed by atoms with Crippen LogP contribution < -0.4 is 0 Å². The molecule has 0 bridgehead atoms. The van der Waals surface area contributed by atoms with Gasteiger partial charge in [0.2, 0.25) is 5.16 Å². The highest BCUT2D eigenvalue weighted by atomic mass is 32.2. The van der Waals surface area contributed by atoms with Gasteiger partial charge in [0.15, 0.2) is 10.2 Å². The van der Waals surface area contributed by atoms with E-state index < -0.39 is 0 Å². The van der Waals surface area contributed by atoms with Crippen molar-refractivity contribution in [1.82, 2.24) is 19.7 Å². The smallest absolute Gasteiger partial charge is 0.203 e. The first-order chi connectivity index (χ1) is 12.5. The van der Waals surface area contributed by atoms with Crippen molar-refractivity contribution in [1.29, 1.82) is 0 Å². The van der Waals surface area contributed by atoms with E-state index in [1.807, 2.05) is 17.6 Å². The number of thiophene rings is 1. The minimum absolute atomic E-state index is 0.126. The van der Waals surface area contributed by atoms with Gasteiger partial charge in [-0.2, -0.15) is 0 Å². The molecule has 0 unspecified atom stereocenters. The number of hydrogen-bond donors (Lipinski definition) is 0. The van der Waals surface area contributed by atoms with Gasteiger partial charge in [-0.25, -0.2) is 4.98 Å². The monoisotopic (exact) mass is 398 g/mol. The molecule has 4 rings (SSSR count). The lowest BCUT2D eigenvalue weighted by molar-refractivity contribution is 0.590. The Morgan fingerprint density at radius 3 is 2.38 bits per heavy atom. The standard InChI is InChI=1S/C19H18N4S3/c1-19(2,3)13-6-8-14(9-7-13)23-16(15-5-4-11-24-15)21-22-17(23)26-18-20-10-12-25-18/h4-12H,1-3H3. The molecule has 3 heterocycles. The van der Waals surface area contributed by atoms with Crippen molar-refractivity contribution in [3.8, 4) is 16.4 Å². The molecule has 0 fully saturated rings. The second-order valence-corrected chi connectivity index (χ2v) is 9.87. The minimum Gasteiger partial charge on any atom is -0.269 e. The number of nitrogens with zero attached hydrogens (tertiary/aromatic N) is 4. The summed E-state index contributed by atoms with van der Waals surface area (Å²) in [6.07, 6.45) is 1.81. The van der Waals surface area contributed by atoms with E-state index in [4.69, 9.17) is 0 Å². The van der Waals surface area contributed by atoms with Gasteiger partial charge in [0.25, 0.3) is 0 Å². The van der Waals surface area contributed by atoms with E-state index in [1.54, 1.807) is 34.4 Å². The number of hydrogen-bond acceptors (Lipinski definition) is 6. The average molecular weight is 399 g/mol. The van der Waals surface area contributed by atoms with Gasteiger partial charge >= 0.3 is 0 Å². The van der Waals surface area contributed by atoms with Crippen molar-refractivity contribution in [2.75, 3.05) is 0 Å². The van der Waals surface area contributed by atoms with E-state index in [9.17, 15) is 0 Å². The van der Waals surface area contributed by atoms with Gasteiger partial charge in [-0.3, -0.25) is 4.57 Å². The highest BCUT2D eigenvalue weighted by Gasteiger charge is 2.19. The summed E-state index contributed by atoms with van der Waals surface area (Å²) in [6.45, 7) is 6.67. The van der Waals surface area contributed by atoms with Gasteiger partial charge in [0.05, 0.1) is 4.88 Å². The molecule has 0 amide bonds. The van der Waals surface area contributed by atoms with Crippen molar-refractivity contribution in [2.45, 2.75) is 35.7 Å². The topological polar surface area (TPSA) is 43.6 Å². The van der Waals surface area contributed by atoms with Gasteiger partial charge in [-0.15, -0.1) is 32.9 Å². The van der Waals surface area contributed by atoms with Crippen LogP contribution in [0.15, 0.2) is 62.9 Å². The summed E-state index contributed by atoms with van der Waals surface area (Å²) in [4.78, 5) is 5.47. The predicted octanol–water partition coefficient (Wildman–Crippen LogP) is 5.90. The molecule has 1 aromatic carbocycles. The molecular formula is C19H18N4S3. The molecular weight excluding hydrogens is 380 g/mol. The second kappa shape index (κ2) is 6.98. The van der Waals surface area contributed by atoms with E-state index >= 15 is 0 Å². The van der Waals surface area contributed by atoms with Crippen LogP contribution in [0.3, 0.4) is 0 Å². The molecule has 4 aromatic rings. The van der Waals surface area contributed by atoms with E-state index in [0.717, 1.165) is 25.9 Å². The summed E-state index contributed by atoms with van der Waals surface area (Å²) in [5.74, 6) is 0.863. The van der Waals surface area contributed by atoms with Crippen molar-refractivity contribution >= 4 is 34.4 Å². The van der Waals surface area contributed by atoms with Gasteiger partial charge in [0.1, 0.15) is 0 Å². The Morgan fingerprint density at radius 2 is 1.77 bits per heavy atom.